The number of hydrogen-bond donors (Lipinski definition) is 4. The van der Waals surface area contributed by atoms with Crippen LogP contribution in [-0.4, -0.2) is 27.8 Å². The van der Waals surface area contributed by atoms with Crippen LogP contribution in [-0.2, 0) is 4.79 Å². The molecule has 0 aliphatic carbocycles. The molecule has 0 saturated carbocycles. The van der Waals surface area contributed by atoms with E-state index in [4.69, 9.17) is 0 Å². The van der Waals surface area contributed by atoms with E-state index in [1.54, 1.807) is 22.9 Å². The first kappa shape index (κ1) is 16.0. The van der Waals surface area contributed by atoms with Gasteiger partial charge in [0.15, 0.2) is 6.29 Å². The Bertz CT molecular complexity index is 742. The number of aryl methyl sites for hydroxylation is 1. The Hall–Kier alpha value is -2.87. The van der Waals surface area contributed by atoms with Crippen molar-refractivity contribution >= 4 is 23.4 Å². The van der Waals surface area contributed by atoms with Crippen LogP contribution in [0.2, 0.25) is 0 Å². The van der Waals surface area contributed by atoms with Crippen molar-refractivity contribution in [3.05, 3.63) is 42.1 Å². The molecule has 126 valence electrons. The van der Waals surface area contributed by atoms with Gasteiger partial charge >= 0.3 is 6.03 Å². The molecule has 2 atom stereocenters. The lowest BCUT2D eigenvalue weighted by Gasteiger charge is -2.30. The van der Waals surface area contributed by atoms with E-state index in [0.717, 1.165) is 5.69 Å². The molecule has 1 saturated heterocycles. The predicted octanol–water partition coefficient (Wildman–Crippen LogP) is 1.79. The molecule has 0 spiro atoms. The highest BCUT2D eigenvalue weighted by Gasteiger charge is 2.26. The number of hydrogen-bond acceptors (Lipinski definition) is 4. The molecule has 0 bridgehead atoms. The Morgan fingerprint density at radius 2 is 2.04 bits per heavy atom. The summed E-state index contributed by atoms with van der Waals surface area (Å²) in [5, 5.41) is 15.9. The van der Waals surface area contributed by atoms with Crippen molar-refractivity contribution in [2.24, 2.45) is 0 Å². The lowest BCUT2D eigenvalue weighted by Crippen LogP contribution is -2.52. The van der Waals surface area contributed by atoms with E-state index in [0.29, 0.717) is 17.9 Å². The molecule has 24 heavy (non-hydrogen) atoms. The number of nitrogens with zero attached hydrogens (tertiary/aromatic N) is 2. The van der Waals surface area contributed by atoms with Crippen LogP contribution in [0.3, 0.4) is 0 Å². The van der Waals surface area contributed by atoms with Gasteiger partial charge < -0.3 is 10.6 Å². The average molecular weight is 328 g/mol. The lowest BCUT2D eigenvalue weighted by molar-refractivity contribution is -0.125. The molecular formula is C16H20N6O2. The first-order valence-electron chi connectivity index (χ1n) is 7.76. The number of para-hydroxylation sites is 1. The van der Waals surface area contributed by atoms with Crippen LogP contribution in [0.15, 0.2) is 36.4 Å². The smallest absolute Gasteiger partial charge is 0.322 e. The third-order valence-electron chi connectivity index (χ3n) is 3.61. The largest absolute Gasteiger partial charge is 0.324 e. The minimum absolute atomic E-state index is 0.0271. The van der Waals surface area contributed by atoms with Gasteiger partial charge in [0.05, 0.1) is 5.69 Å². The Kier molecular flexibility index (Phi) is 4.48. The fourth-order valence-electron chi connectivity index (χ4n) is 2.60. The molecular weight excluding hydrogens is 308 g/mol. The summed E-state index contributed by atoms with van der Waals surface area (Å²) in [6, 6.07) is 10.5. The number of anilines is 2. The van der Waals surface area contributed by atoms with Crippen molar-refractivity contribution in [2.45, 2.75) is 32.6 Å². The molecule has 2 unspecified atom stereocenters. The first-order valence-corrected chi connectivity index (χ1v) is 7.76. The van der Waals surface area contributed by atoms with Crippen LogP contribution in [0.25, 0.3) is 0 Å². The van der Waals surface area contributed by atoms with Crippen molar-refractivity contribution in [3.63, 3.8) is 0 Å². The molecule has 8 nitrogen and oxygen atoms in total. The normalized spacial score (nSPS) is 20.3. The molecule has 1 aliphatic rings. The zero-order valence-corrected chi connectivity index (χ0v) is 13.5. The van der Waals surface area contributed by atoms with E-state index in [2.05, 4.69) is 26.4 Å². The molecule has 3 amide bonds. The number of urea groups is 1. The summed E-state index contributed by atoms with van der Waals surface area (Å²) >= 11 is 0. The molecule has 1 aromatic carbocycles. The Balaban J connectivity index is 1.74. The quantitative estimate of drug-likeness (QED) is 0.690. The van der Waals surface area contributed by atoms with E-state index in [-0.39, 0.29) is 18.0 Å². The number of benzene rings is 1. The second-order valence-corrected chi connectivity index (χ2v) is 5.80. The number of nitrogens with one attached hydrogen (secondary N) is 4. The number of rotatable bonds is 3. The van der Waals surface area contributed by atoms with Crippen LogP contribution in [0.4, 0.5) is 16.3 Å². The molecule has 4 N–H and O–H groups in total. The number of carbonyl (C=O) groups is 2. The zero-order chi connectivity index (χ0) is 17.1. The lowest BCUT2D eigenvalue weighted by atomic mass is 10.2. The van der Waals surface area contributed by atoms with E-state index in [1.165, 1.54) is 0 Å². The molecule has 1 aromatic heterocycles. The van der Waals surface area contributed by atoms with Crippen LogP contribution in [0.5, 0.6) is 0 Å². The van der Waals surface area contributed by atoms with Gasteiger partial charge in [-0.05, 0) is 26.0 Å². The topological polar surface area (TPSA) is 100 Å². The number of carbonyl (C=O) groups excluding carboxylic acids is 2. The van der Waals surface area contributed by atoms with Gasteiger partial charge in [0.25, 0.3) is 0 Å². The highest BCUT2D eigenvalue weighted by molar-refractivity contribution is 5.99. The molecule has 1 fully saturated rings. The van der Waals surface area contributed by atoms with Crippen LogP contribution in [0, 0.1) is 6.92 Å². The van der Waals surface area contributed by atoms with Crippen LogP contribution in [0.1, 0.15) is 25.3 Å². The second-order valence-electron chi connectivity index (χ2n) is 5.80. The first-order chi connectivity index (χ1) is 11.5. The molecule has 2 aromatic rings. The van der Waals surface area contributed by atoms with Gasteiger partial charge in [0.2, 0.25) is 5.91 Å². The molecule has 3 rings (SSSR count). The maximum Gasteiger partial charge on any atom is 0.324 e. The summed E-state index contributed by atoms with van der Waals surface area (Å²) < 4.78 is 1.56. The Morgan fingerprint density at radius 3 is 2.75 bits per heavy atom. The summed E-state index contributed by atoms with van der Waals surface area (Å²) in [5.74, 6) is 0.437. The van der Waals surface area contributed by atoms with Crippen molar-refractivity contribution in [2.75, 3.05) is 10.6 Å². The van der Waals surface area contributed by atoms with Crippen molar-refractivity contribution in [3.8, 4) is 0 Å². The van der Waals surface area contributed by atoms with Crippen molar-refractivity contribution in [1.29, 1.82) is 0 Å². The highest BCUT2D eigenvalue weighted by Crippen LogP contribution is 2.17. The van der Waals surface area contributed by atoms with E-state index >= 15 is 0 Å². The maximum atomic E-state index is 12.2. The molecule has 0 radical (unpaired) electrons. The number of amides is 3. The third kappa shape index (κ3) is 3.72. The third-order valence-corrected chi connectivity index (χ3v) is 3.61. The van der Waals surface area contributed by atoms with Crippen molar-refractivity contribution < 1.29 is 9.59 Å². The second kappa shape index (κ2) is 6.71. The van der Waals surface area contributed by atoms with E-state index in [1.807, 2.05) is 32.0 Å². The molecule has 2 heterocycles. The van der Waals surface area contributed by atoms with Crippen LogP contribution >= 0.6 is 0 Å². The van der Waals surface area contributed by atoms with Gasteiger partial charge in [-0.25, -0.2) is 9.48 Å². The van der Waals surface area contributed by atoms with Gasteiger partial charge in [0, 0.05) is 24.2 Å². The molecule has 8 heteroatoms. The van der Waals surface area contributed by atoms with Gasteiger partial charge in [-0.2, -0.15) is 5.10 Å². The monoisotopic (exact) mass is 328 g/mol. The van der Waals surface area contributed by atoms with Gasteiger partial charge in [0.1, 0.15) is 5.82 Å². The summed E-state index contributed by atoms with van der Waals surface area (Å²) in [6.45, 7) is 3.75. The minimum Gasteiger partial charge on any atom is -0.322 e. The summed E-state index contributed by atoms with van der Waals surface area (Å²) in [6.07, 6.45) is -0.0875. The highest BCUT2D eigenvalue weighted by atomic mass is 16.2. The summed E-state index contributed by atoms with van der Waals surface area (Å²) in [4.78, 5) is 23.9. The SMILES string of the molecule is Cc1cc(NC(=O)Nc2ccccc2)n(C2NC(=O)CC(C)N2)n1. The average Bonchev–Trinajstić information content (AvgIpc) is 2.87. The number of aromatic nitrogens is 2. The van der Waals surface area contributed by atoms with Gasteiger partial charge in [-0.1, -0.05) is 18.2 Å². The Labute approximate surface area is 139 Å². The predicted molar refractivity (Wildman–Crippen MR) is 90.4 cm³/mol. The zero-order valence-electron chi connectivity index (χ0n) is 13.5. The molecule has 1 aliphatic heterocycles. The van der Waals surface area contributed by atoms with Gasteiger partial charge in [-0.15, -0.1) is 0 Å². The van der Waals surface area contributed by atoms with Crippen LogP contribution < -0.4 is 21.3 Å². The summed E-state index contributed by atoms with van der Waals surface area (Å²) in [7, 11) is 0. The van der Waals surface area contributed by atoms with E-state index in [9.17, 15) is 9.59 Å². The fourth-order valence-corrected chi connectivity index (χ4v) is 2.60. The minimum atomic E-state index is -0.498. The standard InChI is InChI=1S/C16H20N6O2/c1-10-9-14(23)20-15(17-10)22-13(8-11(2)21-22)19-16(24)18-12-6-4-3-5-7-12/h3-8,10,15,17H,9H2,1-2H3,(H,20,23)(H2,18,19,24). The van der Waals surface area contributed by atoms with Gasteiger partial charge in [-0.3, -0.25) is 15.4 Å². The van der Waals surface area contributed by atoms with E-state index < -0.39 is 6.29 Å². The maximum absolute atomic E-state index is 12.2. The Morgan fingerprint density at radius 1 is 1.29 bits per heavy atom. The fraction of sp³-hybridized carbons (Fsp3) is 0.312. The summed E-state index contributed by atoms with van der Waals surface area (Å²) in [5.41, 5.74) is 1.43. The van der Waals surface area contributed by atoms with Crippen molar-refractivity contribution in [1.82, 2.24) is 20.4 Å².